The molecule has 0 aromatic carbocycles. The number of ether oxygens (including phenoxy) is 1. The fourth-order valence-electron chi connectivity index (χ4n) is 2.86. The number of morpholine rings is 1. The molecule has 116 valence electrons. The van der Waals surface area contributed by atoms with Gasteiger partial charge in [-0.15, -0.1) is 0 Å². The van der Waals surface area contributed by atoms with Gasteiger partial charge in [-0.1, -0.05) is 0 Å². The topological polar surface area (TPSA) is 76.6 Å². The van der Waals surface area contributed by atoms with Crippen LogP contribution in [0.2, 0.25) is 0 Å². The number of aromatic nitrogens is 2. The van der Waals surface area contributed by atoms with E-state index in [1.54, 1.807) is 11.9 Å². The highest BCUT2D eigenvalue weighted by Gasteiger charge is 2.26. The number of rotatable bonds is 3. The van der Waals surface area contributed by atoms with Gasteiger partial charge in [0.15, 0.2) is 0 Å². The van der Waals surface area contributed by atoms with Crippen LogP contribution in [0.3, 0.4) is 0 Å². The molecule has 7 heteroatoms. The molecule has 0 aliphatic carbocycles. The van der Waals surface area contributed by atoms with E-state index >= 15 is 0 Å². The van der Waals surface area contributed by atoms with Crippen molar-refractivity contribution in [2.45, 2.75) is 25.4 Å². The molecule has 3 heterocycles. The molecule has 7 nitrogen and oxygen atoms in total. The highest BCUT2D eigenvalue weighted by molar-refractivity contribution is 5.96. The first kappa shape index (κ1) is 14.5. The van der Waals surface area contributed by atoms with E-state index < -0.39 is 6.04 Å². The van der Waals surface area contributed by atoms with Crippen molar-refractivity contribution in [3.05, 3.63) is 11.8 Å². The fraction of sp³-hybridized carbons (Fsp3) is 0.714. The van der Waals surface area contributed by atoms with E-state index in [9.17, 15) is 4.79 Å². The number of carbonyl (C=O) groups excluding carboxylic acids is 1. The molecule has 21 heavy (non-hydrogen) atoms. The van der Waals surface area contributed by atoms with Gasteiger partial charge in [-0.25, -0.2) is 4.68 Å². The summed E-state index contributed by atoms with van der Waals surface area (Å²) in [5, 5.41) is 4.62. The number of amides is 1. The van der Waals surface area contributed by atoms with E-state index in [0.29, 0.717) is 13.0 Å². The van der Waals surface area contributed by atoms with Gasteiger partial charge in [0.2, 0.25) is 5.91 Å². The third-order valence-corrected chi connectivity index (χ3v) is 4.24. The Hall–Kier alpha value is -1.44. The van der Waals surface area contributed by atoms with E-state index in [1.165, 1.54) is 0 Å². The lowest BCUT2D eigenvalue weighted by molar-refractivity contribution is -0.119. The number of anilines is 1. The summed E-state index contributed by atoms with van der Waals surface area (Å²) in [6.45, 7) is 5.28. The van der Waals surface area contributed by atoms with Gasteiger partial charge in [0.25, 0.3) is 0 Å². The Labute approximate surface area is 124 Å². The van der Waals surface area contributed by atoms with Gasteiger partial charge in [0.1, 0.15) is 5.82 Å². The van der Waals surface area contributed by atoms with Gasteiger partial charge in [0.05, 0.1) is 24.9 Å². The first-order valence-electron chi connectivity index (χ1n) is 7.55. The van der Waals surface area contributed by atoms with Crippen molar-refractivity contribution in [3.63, 3.8) is 0 Å². The second-order valence-corrected chi connectivity index (χ2v) is 5.71. The third-order valence-electron chi connectivity index (χ3n) is 4.24. The average Bonchev–Trinajstić information content (AvgIpc) is 2.89. The number of carbonyl (C=O) groups is 1. The Kier molecular flexibility index (Phi) is 4.23. The number of likely N-dealkylation sites (N-methyl/N-ethyl adjacent to an activating group) is 1. The maximum Gasteiger partial charge on any atom is 0.244 e. The van der Waals surface area contributed by atoms with Gasteiger partial charge in [-0.05, 0) is 6.42 Å². The van der Waals surface area contributed by atoms with Crippen LogP contribution in [0.4, 0.5) is 5.82 Å². The van der Waals surface area contributed by atoms with Crippen molar-refractivity contribution >= 4 is 11.7 Å². The molecule has 0 spiro atoms. The first-order valence-corrected chi connectivity index (χ1v) is 7.55. The normalized spacial score (nSPS) is 24.0. The quantitative estimate of drug-likeness (QED) is 0.809. The molecule has 1 fully saturated rings. The number of nitrogens with zero attached hydrogens (tertiary/aromatic N) is 4. The Morgan fingerprint density at radius 3 is 2.90 bits per heavy atom. The highest BCUT2D eigenvalue weighted by atomic mass is 16.5. The van der Waals surface area contributed by atoms with Crippen LogP contribution >= 0.6 is 0 Å². The van der Waals surface area contributed by atoms with Gasteiger partial charge < -0.3 is 10.5 Å². The number of nitrogens with two attached hydrogens (primary N) is 1. The molecule has 1 amide bonds. The van der Waals surface area contributed by atoms with Crippen LogP contribution in [-0.2, 0) is 22.5 Å². The Bertz CT molecular complexity index is 509. The second-order valence-electron chi connectivity index (χ2n) is 5.71. The van der Waals surface area contributed by atoms with Crippen LogP contribution in [-0.4, -0.2) is 66.5 Å². The largest absolute Gasteiger partial charge is 0.379 e. The van der Waals surface area contributed by atoms with Crippen molar-refractivity contribution in [1.82, 2.24) is 14.7 Å². The van der Waals surface area contributed by atoms with Crippen molar-refractivity contribution < 1.29 is 9.53 Å². The standard InChI is InChI=1S/C14H23N5O2/c1-17-13-10-11(2-4-18-6-8-21-9-7-18)16-19(13)5-3-12(15)14(17)20/h10,12H,2-9,15H2,1H3. The SMILES string of the molecule is CN1C(=O)C(N)CCn2nc(CCN3CCOCC3)cc21. The molecule has 1 aromatic rings. The summed E-state index contributed by atoms with van der Waals surface area (Å²) >= 11 is 0. The predicted molar refractivity (Wildman–Crippen MR) is 79.2 cm³/mol. The van der Waals surface area contributed by atoms with E-state index in [1.807, 2.05) is 10.7 Å². The summed E-state index contributed by atoms with van der Waals surface area (Å²) in [5.41, 5.74) is 6.88. The molecule has 1 aromatic heterocycles. The lowest BCUT2D eigenvalue weighted by atomic mass is 10.2. The Balaban J connectivity index is 1.66. The number of fused-ring (bicyclic) bond motifs is 1. The summed E-state index contributed by atoms with van der Waals surface area (Å²) in [7, 11) is 1.77. The van der Waals surface area contributed by atoms with E-state index in [4.69, 9.17) is 10.5 Å². The van der Waals surface area contributed by atoms with Crippen molar-refractivity contribution in [2.75, 3.05) is 44.8 Å². The predicted octanol–water partition coefficient (Wildman–Crippen LogP) is -0.548. The fourth-order valence-corrected chi connectivity index (χ4v) is 2.86. The molecule has 0 radical (unpaired) electrons. The molecule has 3 rings (SSSR count). The molecule has 2 aliphatic rings. The molecule has 0 bridgehead atoms. The van der Waals surface area contributed by atoms with Crippen LogP contribution in [0.1, 0.15) is 12.1 Å². The molecule has 2 aliphatic heterocycles. The Morgan fingerprint density at radius 2 is 2.14 bits per heavy atom. The highest BCUT2D eigenvalue weighted by Crippen LogP contribution is 2.20. The number of aryl methyl sites for hydroxylation is 1. The van der Waals surface area contributed by atoms with Crippen LogP contribution in [0.15, 0.2) is 6.07 Å². The van der Waals surface area contributed by atoms with Crippen LogP contribution in [0, 0.1) is 0 Å². The summed E-state index contributed by atoms with van der Waals surface area (Å²) in [6.07, 6.45) is 1.54. The second kappa shape index (κ2) is 6.13. The molecule has 1 saturated heterocycles. The minimum Gasteiger partial charge on any atom is -0.379 e. The lowest BCUT2D eigenvalue weighted by Gasteiger charge is -2.26. The maximum absolute atomic E-state index is 12.1. The smallest absolute Gasteiger partial charge is 0.244 e. The van der Waals surface area contributed by atoms with Crippen molar-refractivity contribution in [1.29, 1.82) is 0 Å². The average molecular weight is 293 g/mol. The summed E-state index contributed by atoms with van der Waals surface area (Å²) < 4.78 is 7.25. The number of hydrogen-bond donors (Lipinski definition) is 1. The molecule has 1 unspecified atom stereocenters. The first-order chi connectivity index (χ1) is 10.1. The van der Waals surface area contributed by atoms with Crippen molar-refractivity contribution in [2.24, 2.45) is 5.73 Å². The molecule has 1 atom stereocenters. The minimum atomic E-state index is -0.423. The zero-order valence-electron chi connectivity index (χ0n) is 12.5. The van der Waals surface area contributed by atoms with Crippen LogP contribution in [0.25, 0.3) is 0 Å². The summed E-state index contributed by atoms with van der Waals surface area (Å²) in [5.74, 6) is 0.818. The molecular formula is C14H23N5O2. The Morgan fingerprint density at radius 1 is 1.38 bits per heavy atom. The summed E-state index contributed by atoms with van der Waals surface area (Å²) in [6, 6.07) is 1.59. The van der Waals surface area contributed by atoms with Gasteiger partial charge in [-0.3, -0.25) is 14.6 Å². The maximum atomic E-state index is 12.1. The van der Waals surface area contributed by atoms with E-state index in [2.05, 4.69) is 10.00 Å². The monoisotopic (exact) mass is 293 g/mol. The summed E-state index contributed by atoms with van der Waals surface area (Å²) in [4.78, 5) is 16.1. The van der Waals surface area contributed by atoms with Crippen LogP contribution < -0.4 is 10.6 Å². The van der Waals surface area contributed by atoms with E-state index in [0.717, 1.165) is 50.8 Å². The van der Waals surface area contributed by atoms with Crippen LogP contribution in [0.5, 0.6) is 0 Å². The molecule has 2 N–H and O–H groups in total. The lowest BCUT2D eigenvalue weighted by Crippen LogP contribution is -2.40. The molecular weight excluding hydrogens is 270 g/mol. The zero-order valence-corrected chi connectivity index (χ0v) is 12.5. The van der Waals surface area contributed by atoms with Gasteiger partial charge >= 0.3 is 0 Å². The van der Waals surface area contributed by atoms with Gasteiger partial charge in [0, 0.05) is 45.7 Å². The van der Waals surface area contributed by atoms with Gasteiger partial charge in [-0.2, -0.15) is 5.10 Å². The molecule has 0 saturated carbocycles. The van der Waals surface area contributed by atoms with E-state index in [-0.39, 0.29) is 5.91 Å². The third kappa shape index (κ3) is 3.09. The number of hydrogen-bond acceptors (Lipinski definition) is 5. The zero-order chi connectivity index (χ0) is 14.8. The van der Waals surface area contributed by atoms with Crippen molar-refractivity contribution in [3.8, 4) is 0 Å². The minimum absolute atomic E-state index is 0.0339.